The van der Waals surface area contributed by atoms with E-state index in [9.17, 15) is 13.6 Å². The molecule has 2 N–H and O–H groups in total. The number of alkyl halides is 2. The molecule has 3 aromatic heterocycles. The molecule has 1 aliphatic heterocycles. The van der Waals surface area contributed by atoms with Gasteiger partial charge in [-0.1, -0.05) is 6.07 Å². The Balaban J connectivity index is 1.43. The minimum atomic E-state index is -3.13. The van der Waals surface area contributed by atoms with Crippen LogP contribution in [0, 0.1) is 0 Å². The molecular formula is C27H24F2N6O2. The van der Waals surface area contributed by atoms with Gasteiger partial charge >= 0.3 is 6.61 Å². The van der Waals surface area contributed by atoms with Crippen molar-refractivity contribution in [2.75, 3.05) is 6.98 Å². The van der Waals surface area contributed by atoms with Crippen LogP contribution in [-0.2, 0) is 12.0 Å². The maximum Gasteiger partial charge on any atom is 0.387 e. The second kappa shape index (κ2) is 7.55. The highest BCUT2D eigenvalue weighted by atomic mass is 19.3. The minimum Gasteiger partial charge on any atom is -0.434 e. The molecule has 2 aliphatic carbocycles. The fourth-order valence-electron chi connectivity index (χ4n) is 6.08. The summed E-state index contributed by atoms with van der Waals surface area (Å²) >= 11 is 0. The number of fused-ring (bicyclic) bond motifs is 10. The molecule has 4 heterocycles. The number of hydrogen-bond acceptors (Lipinski definition) is 6. The van der Waals surface area contributed by atoms with E-state index in [0.29, 0.717) is 22.6 Å². The first-order valence-corrected chi connectivity index (χ1v) is 12.0. The quantitative estimate of drug-likeness (QED) is 0.449. The number of benzene rings is 1. The van der Waals surface area contributed by atoms with Crippen molar-refractivity contribution < 1.29 is 22.4 Å². The Labute approximate surface area is 215 Å². The molecule has 3 aliphatic rings. The molecule has 8 nitrogen and oxygen atoms in total. The highest BCUT2D eigenvalue weighted by Crippen LogP contribution is 2.53. The lowest BCUT2D eigenvalue weighted by Crippen LogP contribution is -2.30. The molecule has 1 aromatic carbocycles. The highest BCUT2D eigenvalue weighted by molar-refractivity contribution is 5.98. The van der Waals surface area contributed by atoms with Gasteiger partial charge in [0.15, 0.2) is 5.65 Å². The van der Waals surface area contributed by atoms with Crippen LogP contribution >= 0.6 is 0 Å². The van der Waals surface area contributed by atoms with E-state index in [1.54, 1.807) is 18.5 Å². The van der Waals surface area contributed by atoms with Crippen molar-refractivity contribution in [1.82, 2.24) is 24.5 Å². The van der Waals surface area contributed by atoms with Gasteiger partial charge in [0.2, 0.25) is 0 Å². The zero-order valence-electron chi connectivity index (χ0n) is 22.8. The van der Waals surface area contributed by atoms with E-state index in [1.807, 2.05) is 13.0 Å². The van der Waals surface area contributed by atoms with E-state index in [2.05, 4.69) is 10.1 Å². The SMILES string of the molecule is [2H]C([2H])([2H])N1C(=O)c2cccc(OC(F)F)c2[C@H]2C[C@@H]1c1nn3ccc(-c4cnc5c(c4)CC[C@]5(C)N)nc3c12. The summed E-state index contributed by atoms with van der Waals surface area (Å²) in [7, 11) is 0. The molecule has 0 fully saturated rings. The van der Waals surface area contributed by atoms with Crippen LogP contribution in [-0.4, -0.2) is 44.0 Å². The predicted molar refractivity (Wildman–Crippen MR) is 130 cm³/mol. The lowest BCUT2D eigenvalue weighted by Gasteiger charge is -2.23. The molecule has 7 rings (SSSR count). The van der Waals surface area contributed by atoms with Gasteiger partial charge in [0.05, 0.1) is 28.7 Å². The normalized spacial score (nSPS) is 25.4. The Morgan fingerprint density at radius 1 is 1.30 bits per heavy atom. The molecular weight excluding hydrogens is 478 g/mol. The topological polar surface area (TPSA) is 98.6 Å². The van der Waals surface area contributed by atoms with Gasteiger partial charge in [0, 0.05) is 51.7 Å². The third-order valence-electron chi connectivity index (χ3n) is 7.78. The van der Waals surface area contributed by atoms with Crippen LogP contribution in [0.15, 0.2) is 42.7 Å². The lowest BCUT2D eigenvalue weighted by molar-refractivity contribution is -0.0505. The molecule has 0 spiro atoms. The summed E-state index contributed by atoms with van der Waals surface area (Å²) in [4.78, 5) is 23.9. The first kappa shape index (κ1) is 19.2. The van der Waals surface area contributed by atoms with E-state index in [-0.39, 0.29) is 23.3 Å². The summed E-state index contributed by atoms with van der Waals surface area (Å²) in [5.41, 5.74) is 10.9. The number of carbonyl (C=O) groups is 1. The maximum absolute atomic E-state index is 13.6. The molecule has 0 radical (unpaired) electrons. The fourth-order valence-corrected chi connectivity index (χ4v) is 6.08. The molecule has 0 saturated heterocycles. The summed E-state index contributed by atoms with van der Waals surface area (Å²) in [5.74, 6) is -1.60. The van der Waals surface area contributed by atoms with Crippen molar-refractivity contribution in [3.8, 4) is 17.0 Å². The summed E-state index contributed by atoms with van der Waals surface area (Å²) in [6, 6.07) is 7.12. The number of ether oxygens (including phenoxy) is 1. The number of nitrogens with two attached hydrogens (primary N) is 1. The van der Waals surface area contributed by atoms with Gasteiger partial charge in [-0.05, 0) is 56.0 Å². The van der Waals surface area contributed by atoms with E-state index >= 15 is 0 Å². The van der Waals surface area contributed by atoms with E-state index < -0.39 is 37.0 Å². The van der Waals surface area contributed by atoms with Gasteiger partial charge < -0.3 is 15.4 Å². The maximum atomic E-state index is 13.6. The second-order valence-corrected chi connectivity index (χ2v) is 10.1. The summed E-state index contributed by atoms with van der Waals surface area (Å²) in [6.07, 6.45) is 5.20. The minimum absolute atomic E-state index is 0.00980. The molecule has 3 atom stereocenters. The number of rotatable bonds is 3. The van der Waals surface area contributed by atoms with Crippen LogP contribution < -0.4 is 10.5 Å². The number of amides is 1. The number of hydrogen-bond donors (Lipinski definition) is 1. The van der Waals surface area contributed by atoms with Crippen molar-refractivity contribution in [2.45, 2.75) is 50.3 Å². The molecule has 188 valence electrons. The van der Waals surface area contributed by atoms with Gasteiger partial charge in [-0.3, -0.25) is 9.78 Å². The molecule has 0 unspecified atom stereocenters. The van der Waals surface area contributed by atoms with Crippen LogP contribution in [0.4, 0.5) is 8.78 Å². The van der Waals surface area contributed by atoms with Gasteiger partial charge in [0.1, 0.15) is 5.75 Å². The fraction of sp³-hybridized carbons (Fsp3) is 0.333. The second-order valence-electron chi connectivity index (χ2n) is 10.1. The van der Waals surface area contributed by atoms with Crippen molar-refractivity contribution >= 4 is 11.6 Å². The molecule has 10 heteroatoms. The van der Waals surface area contributed by atoms with Gasteiger partial charge in [-0.15, -0.1) is 0 Å². The number of halogens is 2. The van der Waals surface area contributed by atoms with Crippen molar-refractivity contribution in [3.63, 3.8) is 0 Å². The first-order chi connectivity index (χ1) is 18.9. The van der Waals surface area contributed by atoms with Gasteiger partial charge in [-0.25, -0.2) is 9.50 Å². The summed E-state index contributed by atoms with van der Waals surface area (Å²) in [6.45, 7) is -3.96. The number of aromatic nitrogens is 4. The number of nitrogens with zero attached hydrogens (tertiary/aromatic N) is 5. The summed E-state index contributed by atoms with van der Waals surface area (Å²) in [5, 5.41) is 4.64. The Bertz CT molecular complexity index is 1720. The zero-order chi connectivity index (χ0) is 28.1. The molecule has 4 aromatic rings. The number of pyridine rings is 1. The van der Waals surface area contributed by atoms with E-state index in [1.165, 1.54) is 22.7 Å². The Morgan fingerprint density at radius 3 is 2.97 bits per heavy atom. The van der Waals surface area contributed by atoms with Crippen molar-refractivity contribution in [3.05, 3.63) is 76.4 Å². The van der Waals surface area contributed by atoms with Gasteiger partial charge in [-0.2, -0.15) is 13.9 Å². The molecule has 0 saturated carbocycles. The Morgan fingerprint density at radius 2 is 2.16 bits per heavy atom. The van der Waals surface area contributed by atoms with E-state index in [4.69, 9.17) is 19.6 Å². The Kier molecular flexibility index (Phi) is 3.92. The van der Waals surface area contributed by atoms with Crippen LogP contribution in [0.1, 0.15) is 74.3 Å². The average Bonchev–Trinajstić information content (AvgIpc) is 3.49. The molecule has 2 bridgehead atoms. The van der Waals surface area contributed by atoms with Crippen LogP contribution in [0.25, 0.3) is 16.9 Å². The van der Waals surface area contributed by atoms with Crippen LogP contribution in [0.5, 0.6) is 5.75 Å². The molecule has 37 heavy (non-hydrogen) atoms. The summed E-state index contributed by atoms with van der Waals surface area (Å²) < 4.78 is 57.6. The smallest absolute Gasteiger partial charge is 0.387 e. The Hall–Kier alpha value is -3.92. The first-order valence-electron chi connectivity index (χ1n) is 13.5. The zero-order valence-corrected chi connectivity index (χ0v) is 19.8. The number of carbonyl (C=O) groups excluding carboxylic acids is 1. The van der Waals surface area contributed by atoms with E-state index in [0.717, 1.165) is 34.6 Å². The van der Waals surface area contributed by atoms with Crippen LogP contribution in [0.3, 0.4) is 0 Å². The third kappa shape index (κ3) is 3.14. The van der Waals surface area contributed by atoms with Crippen molar-refractivity contribution in [1.29, 1.82) is 0 Å². The van der Waals surface area contributed by atoms with Gasteiger partial charge in [0.25, 0.3) is 5.91 Å². The standard InChI is InChI=1S/C27H24F2N6O2/c1-27(30)8-6-13-10-14(12-31-23(13)27)17-7-9-35-24(32-17)21-16-11-18(22(21)33-35)34(2)25(36)15-4-3-5-19(20(15)16)37-26(28)29/h3-5,7,9-10,12,16,18,26H,6,8,11,30H2,1-2H3/t16-,18-,27+/m1/s1/i2D3. The highest BCUT2D eigenvalue weighted by Gasteiger charge is 2.46. The monoisotopic (exact) mass is 505 g/mol. The van der Waals surface area contributed by atoms with Crippen molar-refractivity contribution in [2.24, 2.45) is 5.73 Å². The number of aryl methyl sites for hydroxylation is 1. The average molecular weight is 506 g/mol. The third-order valence-corrected chi connectivity index (χ3v) is 7.78. The largest absolute Gasteiger partial charge is 0.434 e. The molecule has 1 amide bonds. The predicted octanol–water partition coefficient (Wildman–Crippen LogP) is 4.18. The van der Waals surface area contributed by atoms with Crippen LogP contribution in [0.2, 0.25) is 0 Å². The lowest BCUT2D eigenvalue weighted by atomic mass is 9.89.